The molecular weight excluding hydrogens is 240 g/mol. The lowest BCUT2D eigenvalue weighted by molar-refractivity contribution is -0.139. The van der Waals surface area contributed by atoms with Crippen LogP contribution in [0.3, 0.4) is 0 Å². The number of carboxylic acid groups (broad SMARTS) is 1. The van der Waals surface area contributed by atoms with E-state index in [4.69, 9.17) is 5.11 Å². The average molecular weight is 257 g/mol. The van der Waals surface area contributed by atoms with E-state index < -0.39 is 23.6 Å². The van der Waals surface area contributed by atoms with E-state index in [1.54, 1.807) is 6.92 Å². The van der Waals surface area contributed by atoms with Crippen LogP contribution in [0, 0.1) is 11.6 Å². The number of halogens is 2. The number of aliphatic carboxylic acids is 1. The van der Waals surface area contributed by atoms with Crippen molar-refractivity contribution in [3.8, 4) is 0 Å². The summed E-state index contributed by atoms with van der Waals surface area (Å²) in [6.07, 6.45) is 1.22. The Morgan fingerprint density at radius 2 is 2.06 bits per heavy atom. The Bertz CT molecular complexity index is 423. The molecule has 2 unspecified atom stereocenters. The molecule has 0 heterocycles. The van der Waals surface area contributed by atoms with Gasteiger partial charge in [0.05, 0.1) is 0 Å². The number of hydrogen-bond acceptors (Lipinski definition) is 2. The largest absolute Gasteiger partial charge is 0.480 e. The number of carboxylic acids is 1. The maximum Gasteiger partial charge on any atom is 0.320 e. The van der Waals surface area contributed by atoms with E-state index in [9.17, 15) is 13.6 Å². The molecule has 100 valence electrons. The molecule has 0 bridgehead atoms. The Balaban J connectivity index is 2.76. The molecule has 0 fully saturated rings. The van der Waals surface area contributed by atoms with Gasteiger partial charge in [0, 0.05) is 6.04 Å². The predicted molar refractivity (Wildman–Crippen MR) is 64.2 cm³/mol. The Morgan fingerprint density at radius 3 is 2.56 bits per heavy atom. The normalized spacial score (nSPS) is 14.2. The van der Waals surface area contributed by atoms with Gasteiger partial charge >= 0.3 is 5.97 Å². The van der Waals surface area contributed by atoms with Crippen molar-refractivity contribution in [2.75, 3.05) is 0 Å². The van der Waals surface area contributed by atoms with Crippen molar-refractivity contribution in [3.05, 3.63) is 35.4 Å². The highest BCUT2D eigenvalue weighted by Crippen LogP contribution is 2.17. The Kier molecular flexibility index (Phi) is 5.22. The Morgan fingerprint density at radius 1 is 1.39 bits per heavy atom. The molecule has 0 saturated carbocycles. The third-order valence-electron chi connectivity index (χ3n) is 2.77. The SMILES string of the molecule is CCCC(NC(C)c1ccc(F)c(F)c1)C(=O)O. The topological polar surface area (TPSA) is 49.3 Å². The van der Waals surface area contributed by atoms with E-state index in [2.05, 4.69) is 5.32 Å². The second-order valence-corrected chi connectivity index (χ2v) is 4.24. The number of nitrogens with one attached hydrogen (secondary N) is 1. The summed E-state index contributed by atoms with van der Waals surface area (Å²) in [4.78, 5) is 11.0. The molecule has 0 aliphatic rings. The predicted octanol–water partition coefficient (Wildman–Crippen LogP) is 2.87. The minimum Gasteiger partial charge on any atom is -0.480 e. The van der Waals surface area contributed by atoms with Gasteiger partial charge in [0.25, 0.3) is 0 Å². The molecule has 0 saturated heterocycles. The summed E-state index contributed by atoms with van der Waals surface area (Å²) >= 11 is 0. The molecule has 0 aliphatic carbocycles. The lowest BCUT2D eigenvalue weighted by atomic mass is 10.1. The summed E-state index contributed by atoms with van der Waals surface area (Å²) in [6, 6.07) is 2.53. The van der Waals surface area contributed by atoms with E-state index in [-0.39, 0.29) is 6.04 Å². The highest BCUT2D eigenvalue weighted by atomic mass is 19.2. The van der Waals surface area contributed by atoms with Gasteiger partial charge in [-0.3, -0.25) is 10.1 Å². The molecule has 2 N–H and O–H groups in total. The van der Waals surface area contributed by atoms with Crippen LogP contribution in [-0.4, -0.2) is 17.1 Å². The molecule has 3 nitrogen and oxygen atoms in total. The molecule has 0 amide bonds. The lowest BCUT2D eigenvalue weighted by Gasteiger charge is -2.20. The molecule has 1 rings (SSSR count). The van der Waals surface area contributed by atoms with Gasteiger partial charge in [-0.05, 0) is 31.0 Å². The third-order valence-corrected chi connectivity index (χ3v) is 2.77. The average Bonchev–Trinajstić information content (AvgIpc) is 2.31. The summed E-state index contributed by atoms with van der Waals surface area (Å²) in [6.45, 7) is 3.61. The van der Waals surface area contributed by atoms with Gasteiger partial charge in [-0.25, -0.2) is 8.78 Å². The van der Waals surface area contributed by atoms with Crippen molar-refractivity contribution in [1.29, 1.82) is 0 Å². The first kappa shape index (κ1) is 14.6. The first-order valence-electron chi connectivity index (χ1n) is 5.89. The lowest BCUT2D eigenvalue weighted by Crippen LogP contribution is -2.38. The van der Waals surface area contributed by atoms with Crippen LogP contribution in [0.4, 0.5) is 8.78 Å². The molecule has 0 aromatic heterocycles. The zero-order valence-corrected chi connectivity index (χ0v) is 10.4. The second kappa shape index (κ2) is 6.44. The summed E-state index contributed by atoms with van der Waals surface area (Å²) in [5.74, 6) is -2.77. The number of carbonyl (C=O) groups is 1. The van der Waals surface area contributed by atoms with Crippen molar-refractivity contribution < 1.29 is 18.7 Å². The fourth-order valence-corrected chi connectivity index (χ4v) is 1.75. The van der Waals surface area contributed by atoms with Gasteiger partial charge < -0.3 is 5.11 Å². The highest BCUT2D eigenvalue weighted by Gasteiger charge is 2.19. The van der Waals surface area contributed by atoms with Crippen LogP contribution in [-0.2, 0) is 4.79 Å². The minimum atomic E-state index is -0.939. The van der Waals surface area contributed by atoms with Crippen LogP contribution in [0.25, 0.3) is 0 Å². The maximum absolute atomic E-state index is 13.1. The molecule has 0 spiro atoms. The third kappa shape index (κ3) is 3.77. The molecule has 2 atom stereocenters. The second-order valence-electron chi connectivity index (χ2n) is 4.24. The Hall–Kier alpha value is -1.49. The smallest absolute Gasteiger partial charge is 0.320 e. The van der Waals surface area contributed by atoms with Gasteiger partial charge in [-0.2, -0.15) is 0 Å². The van der Waals surface area contributed by atoms with Crippen LogP contribution in [0.15, 0.2) is 18.2 Å². The zero-order valence-electron chi connectivity index (χ0n) is 10.4. The van der Waals surface area contributed by atoms with Crippen molar-refractivity contribution >= 4 is 5.97 Å². The fourth-order valence-electron chi connectivity index (χ4n) is 1.75. The number of benzene rings is 1. The molecule has 1 aromatic rings. The Labute approximate surface area is 105 Å². The van der Waals surface area contributed by atoms with Crippen molar-refractivity contribution in [3.63, 3.8) is 0 Å². The van der Waals surface area contributed by atoms with E-state index in [0.29, 0.717) is 12.0 Å². The van der Waals surface area contributed by atoms with Crippen molar-refractivity contribution in [2.24, 2.45) is 0 Å². The van der Waals surface area contributed by atoms with E-state index in [1.807, 2.05) is 6.92 Å². The molecule has 0 radical (unpaired) electrons. The van der Waals surface area contributed by atoms with Crippen molar-refractivity contribution in [1.82, 2.24) is 5.32 Å². The molecule has 18 heavy (non-hydrogen) atoms. The molecule has 5 heteroatoms. The molecule has 1 aromatic carbocycles. The van der Waals surface area contributed by atoms with E-state index >= 15 is 0 Å². The van der Waals surface area contributed by atoms with E-state index in [1.165, 1.54) is 6.07 Å². The standard InChI is InChI=1S/C13H17F2NO2/c1-3-4-12(13(17)18)16-8(2)9-5-6-10(14)11(15)7-9/h5-8,12,16H,3-4H2,1-2H3,(H,17,18). The summed E-state index contributed by atoms with van der Waals surface area (Å²) in [7, 11) is 0. The van der Waals surface area contributed by atoms with Crippen LogP contribution in [0.5, 0.6) is 0 Å². The van der Waals surface area contributed by atoms with E-state index in [0.717, 1.165) is 18.6 Å². The molecular formula is C13H17F2NO2. The minimum absolute atomic E-state index is 0.354. The van der Waals surface area contributed by atoms with Gasteiger partial charge in [-0.15, -0.1) is 0 Å². The highest BCUT2D eigenvalue weighted by molar-refractivity contribution is 5.73. The summed E-state index contributed by atoms with van der Waals surface area (Å²) < 4.78 is 25.8. The first-order valence-corrected chi connectivity index (χ1v) is 5.89. The number of hydrogen-bond donors (Lipinski definition) is 2. The van der Waals surface area contributed by atoms with Gasteiger partial charge in [0.15, 0.2) is 11.6 Å². The van der Waals surface area contributed by atoms with Crippen molar-refractivity contribution in [2.45, 2.75) is 38.8 Å². The number of rotatable bonds is 6. The monoisotopic (exact) mass is 257 g/mol. The fraction of sp³-hybridized carbons (Fsp3) is 0.462. The van der Waals surface area contributed by atoms with Crippen LogP contribution < -0.4 is 5.32 Å². The summed E-state index contributed by atoms with van der Waals surface area (Å²) in [5.41, 5.74) is 0.524. The maximum atomic E-state index is 13.1. The van der Waals surface area contributed by atoms with Gasteiger partial charge in [0.2, 0.25) is 0 Å². The summed E-state index contributed by atoms with van der Waals surface area (Å²) in [5, 5.41) is 11.9. The van der Waals surface area contributed by atoms with Crippen LogP contribution in [0.2, 0.25) is 0 Å². The first-order chi connectivity index (χ1) is 8.45. The van der Waals surface area contributed by atoms with Crippen LogP contribution in [0.1, 0.15) is 38.3 Å². The van der Waals surface area contributed by atoms with Gasteiger partial charge in [-0.1, -0.05) is 19.4 Å². The quantitative estimate of drug-likeness (QED) is 0.823. The van der Waals surface area contributed by atoms with Gasteiger partial charge in [0.1, 0.15) is 6.04 Å². The van der Waals surface area contributed by atoms with Crippen LogP contribution >= 0.6 is 0 Å². The zero-order chi connectivity index (χ0) is 13.7. The molecule has 0 aliphatic heterocycles.